The van der Waals surface area contributed by atoms with Crippen LogP contribution >= 0.6 is 11.6 Å². The summed E-state index contributed by atoms with van der Waals surface area (Å²) in [5, 5.41) is 8.89. The minimum absolute atomic E-state index is 0.499. The number of hydrogen-bond donors (Lipinski definition) is 0. The summed E-state index contributed by atoms with van der Waals surface area (Å²) >= 11 is 5.87. The van der Waals surface area contributed by atoms with Gasteiger partial charge in [-0.1, -0.05) is 37.1 Å². The van der Waals surface area contributed by atoms with Crippen molar-refractivity contribution in [2.24, 2.45) is 0 Å². The van der Waals surface area contributed by atoms with Crippen molar-refractivity contribution in [2.75, 3.05) is 0 Å². The van der Waals surface area contributed by atoms with Crippen LogP contribution in [0.25, 0.3) is 22.9 Å². The summed E-state index contributed by atoms with van der Waals surface area (Å²) in [5.74, 6) is 1.03. The highest BCUT2D eigenvalue weighted by Crippen LogP contribution is 2.25. The Balaban J connectivity index is 1.85. The van der Waals surface area contributed by atoms with Crippen LogP contribution < -0.4 is 0 Å². The predicted molar refractivity (Wildman–Crippen MR) is 84.2 cm³/mol. The first-order valence-electron chi connectivity index (χ1n) is 6.95. The first-order chi connectivity index (χ1) is 10.3. The standard InChI is InChI=1S/C17H15ClN2O/c1-2-3-12-4-6-13(7-5-12)16-19-20-17(21-16)14-8-10-15(18)11-9-14/h4-11H,2-3H2,1H3. The molecule has 0 aliphatic rings. The van der Waals surface area contributed by atoms with Crippen LogP contribution in [0.4, 0.5) is 0 Å². The lowest BCUT2D eigenvalue weighted by molar-refractivity contribution is 0.584. The molecule has 0 bridgehead atoms. The van der Waals surface area contributed by atoms with Crippen LogP contribution in [-0.2, 0) is 6.42 Å². The molecule has 1 aromatic heterocycles. The molecule has 3 nitrogen and oxygen atoms in total. The molecule has 0 unspecified atom stereocenters. The number of aromatic nitrogens is 2. The molecule has 0 aliphatic heterocycles. The number of halogens is 1. The number of benzene rings is 2. The summed E-state index contributed by atoms with van der Waals surface area (Å²) in [7, 11) is 0. The van der Waals surface area contributed by atoms with E-state index in [1.54, 1.807) is 12.1 Å². The van der Waals surface area contributed by atoms with Crippen molar-refractivity contribution in [1.82, 2.24) is 10.2 Å². The Morgan fingerprint density at radius 1 is 0.857 bits per heavy atom. The molecule has 2 aromatic carbocycles. The Morgan fingerprint density at radius 3 is 1.90 bits per heavy atom. The van der Waals surface area contributed by atoms with Gasteiger partial charge in [-0.05, 0) is 48.4 Å². The monoisotopic (exact) mass is 298 g/mol. The third-order valence-electron chi connectivity index (χ3n) is 3.26. The fraction of sp³-hybridized carbons (Fsp3) is 0.176. The molecular formula is C17H15ClN2O. The summed E-state index contributed by atoms with van der Waals surface area (Å²) in [6.45, 7) is 2.17. The molecule has 21 heavy (non-hydrogen) atoms. The molecule has 0 N–H and O–H groups in total. The maximum Gasteiger partial charge on any atom is 0.248 e. The molecule has 3 aromatic rings. The minimum atomic E-state index is 0.499. The van der Waals surface area contributed by atoms with E-state index in [1.165, 1.54) is 5.56 Å². The zero-order chi connectivity index (χ0) is 14.7. The summed E-state index contributed by atoms with van der Waals surface area (Å²) in [6.07, 6.45) is 2.22. The van der Waals surface area contributed by atoms with Crippen LogP contribution in [0, 0.1) is 0 Å². The second-order valence-corrected chi connectivity index (χ2v) is 5.30. The zero-order valence-corrected chi connectivity index (χ0v) is 12.5. The smallest absolute Gasteiger partial charge is 0.248 e. The molecule has 0 saturated carbocycles. The Labute approximate surface area is 128 Å². The molecule has 0 spiro atoms. The van der Waals surface area contributed by atoms with E-state index in [2.05, 4.69) is 29.3 Å². The van der Waals surface area contributed by atoms with Gasteiger partial charge in [0, 0.05) is 16.1 Å². The fourth-order valence-corrected chi connectivity index (χ4v) is 2.28. The second kappa shape index (κ2) is 6.10. The number of nitrogens with zero attached hydrogens (tertiary/aromatic N) is 2. The number of rotatable bonds is 4. The van der Waals surface area contributed by atoms with Crippen LogP contribution in [0.3, 0.4) is 0 Å². The van der Waals surface area contributed by atoms with Crippen molar-refractivity contribution in [3.8, 4) is 22.9 Å². The Hall–Kier alpha value is -2.13. The van der Waals surface area contributed by atoms with E-state index in [9.17, 15) is 0 Å². The van der Waals surface area contributed by atoms with Crippen LogP contribution in [0.15, 0.2) is 52.9 Å². The van der Waals surface area contributed by atoms with Gasteiger partial charge >= 0.3 is 0 Å². The number of hydrogen-bond acceptors (Lipinski definition) is 3. The molecule has 0 amide bonds. The van der Waals surface area contributed by atoms with Crippen molar-refractivity contribution in [3.63, 3.8) is 0 Å². The molecule has 0 atom stereocenters. The van der Waals surface area contributed by atoms with Gasteiger partial charge in [0.25, 0.3) is 0 Å². The summed E-state index contributed by atoms with van der Waals surface area (Å²) in [5.41, 5.74) is 3.11. The lowest BCUT2D eigenvalue weighted by Gasteiger charge is -1.99. The van der Waals surface area contributed by atoms with Crippen LogP contribution in [-0.4, -0.2) is 10.2 Å². The van der Waals surface area contributed by atoms with Gasteiger partial charge in [-0.25, -0.2) is 0 Å². The highest BCUT2D eigenvalue weighted by Gasteiger charge is 2.10. The summed E-state index contributed by atoms with van der Waals surface area (Å²) in [4.78, 5) is 0. The molecule has 0 fully saturated rings. The van der Waals surface area contributed by atoms with Crippen molar-refractivity contribution in [1.29, 1.82) is 0 Å². The number of aryl methyl sites for hydroxylation is 1. The van der Waals surface area contributed by atoms with E-state index in [4.69, 9.17) is 16.0 Å². The van der Waals surface area contributed by atoms with Gasteiger partial charge < -0.3 is 4.42 Å². The maximum atomic E-state index is 5.87. The Bertz CT molecular complexity index is 717. The van der Waals surface area contributed by atoms with E-state index in [1.807, 2.05) is 24.3 Å². The first kappa shape index (κ1) is 13.8. The van der Waals surface area contributed by atoms with Crippen molar-refractivity contribution < 1.29 is 4.42 Å². The topological polar surface area (TPSA) is 38.9 Å². The van der Waals surface area contributed by atoms with Gasteiger partial charge in [0.1, 0.15) is 0 Å². The van der Waals surface area contributed by atoms with Crippen LogP contribution in [0.2, 0.25) is 5.02 Å². The predicted octanol–water partition coefficient (Wildman–Crippen LogP) is 5.01. The van der Waals surface area contributed by atoms with E-state index in [0.29, 0.717) is 16.8 Å². The molecule has 1 heterocycles. The first-order valence-corrected chi connectivity index (χ1v) is 7.33. The quantitative estimate of drug-likeness (QED) is 0.679. The molecule has 4 heteroatoms. The SMILES string of the molecule is CCCc1ccc(-c2nnc(-c3ccc(Cl)cc3)o2)cc1. The molecule has 106 valence electrons. The third kappa shape index (κ3) is 3.14. The lowest BCUT2D eigenvalue weighted by Crippen LogP contribution is -1.83. The van der Waals surface area contributed by atoms with Gasteiger partial charge in [0.05, 0.1) is 0 Å². The van der Waals surface area contributed by atoms with E-state index in [0.717, 1.165) is 24.0 Å². The van der Waals surface area contributed by atoms with Gasteiger partial charge in [-0.15, -0.1) is 10.2 Å². The minimum Gasteiger partial charge on any atom is -0.416 e. The molecular weight excluding hydrogens is 284 g/mol. The third-order valence-corrected chi connectivity index (χ3v) is 3.51. The van der Waals surface area contributed by atoms with Gasteiger partial charge in [0.2, 0.25) is 11.8 Å². The van der Waals surface area contributed by atoms with E-state index >= 15 is 0 Å². The van der Waals surface area contributed by atoms with Gasteiger partial charge in [0.15, 0.2) is 0 Å². The summed E-state index contributed by atoms with van der Waals surface area (Å²) in [6, 6.07) is 15.6. The maximum absolute atomic E-state index is 5.87. The average Bonchev–Trinajstić information content (AvgIpc) is 2.99. The fourth-order valence-electron chi connectivity index (χ4n) is 2.15. The van der Waals surface area contributed by atoms with Crippen molar-refractivity contribution in [3.05, 3.63) is 59.1 Å². The molecule has 0 radical (unpaired) electrons. The second-order valence-electron chi connectivity index (χ2n) is 4.87. The van der Waals surface area contributed by atoms with Crippen LogP contribution in [0.1, 0.15) is 18.9 Å². The van der Waals surface area contributed by atoms with Gasteiger partial charge in [-0.2, -0.15) is 0 Å². The van der Waals surface area contributed by atoms with E-state index in [-0.39, 0.29) is 0 Å². The van der Waals surface area contributed by atoms with E-state index < -0.39 is 0 Å². The van der Waals surface area contributed by atoms with Gasteiger partial charge in [-0.3, -0.25) is 0 Å². The van der Waals surface area contributed by atoms with Crippen molar-refractivity contribution >= 4 is 11.6 Å². The Kier molecular flexibility index (Phi) is 4.02. The Morgan fingerprint density at radius 2 is 1.38 bits per heavy atom. The largest absolute Gasteiger partial charge is 0.416 e. The zero-order valence-electron chi connectivity index (χ0n) is 11.7. The highest BCUT2D eigenvalue weighted by atomic mass is 35.5. The highest BCUT2D eigenvalue weighted by molar-refractivity contribution is 6.30. The lowest BCUT2D eigenvalue weighted by atomic mass is 10.1. The molecule has 3 rings (SSSR count). The summed E-state index contributed by atoms with van der Waals surface area (Å²) < 4.78 is 5.73. The average molecular weight is 299 g/mol. The normalized spacial score (nSPS) is 10.8. The molecule has 0 saturated heterocycles. The van der Waals surface area contributed by atoms with Crippen LogP contribution in [0.5, 0.6) is 0 Å². The molecule has 0 aliphatic carbocycles. The van der Waals surface area contributed by atoms with Crippen molar-refractivity contribution in [2.45, 2.75) is 19.8 Å².